The molecule has 0 bridgehead atoms. The molecule has 6 heteroatoms. The summed E-state index contributed by atoms with van der Waals surface area (Å²) in [5.74, 6) is 1.37. The molecule has 2 heterocycles. The van der Waals surface area contributed by atoms with Crippen molar-refractivity contribution in [3.8, 4) is 5.75 Å². The third-order valence-corrected chi connectivity index (χ3v) is 3.90. The van der Waals surface area contributed by atoms with Crippen molar-refractivity contribution < 1.29 is 9.53 Å². The number of nitrogens with zero attached hydrogens (tertiary/aromatic N) is 3. The zero-order valence-corrected chi connectivity index (χ0v) is 13.8. The first-order valence-electron chi connectivity index (χ1n) is 7.89. The van der Waals surface area contributed by atoms with E-state index >= 15 is 0 Å². The Morgan fingerprint density at radius 1 is 1.17 bits per heavy atom. The molecule has 0 aliphatic rings. The van der Waals surface area contributed by atoms with Crippen LogP contribution >= 0.6 is 0 Å². The summed E-state index contributed by atoms with van der Waals surface area (Å²) in [4.78, 5) is 11.9. The molecule has 2 aromatic heterocycles. The van der Waals surface area contributed by atoms with Gasteiger partial charge < -0.3 is 10.1 Å². The minimum Gasteiger partial charge on any atom is -0.484 e. The first kappa shape index (κ1) is 16.0. The van der Waals surface area contributed by atoms with Crippen LogP contribution in [0.4, 0.5) is 0 Å². The molecule has 0 saturated heterocycles. The predicted octanol–water partition coefficient (Wildman–Crippen LogP) is 2.08. The molecule has 3 rings (SSSR count). The molecule has 1 amide bonds. The van der Waals surface area contributed by atoms with Crippen LogP contribution in [0, 0.1) is 13.8 Å². The van der Waals surface area contributed by atoms with Crippen LogP contribution in [-0.4, -0.2) is 33.7 Å². The summed E-state index contributed by atoms with van der Waals surface area (Å²) < 4.78 is 7.43. The van der Waals surface area contributed by atoms with Gasteiger partial charge in [-0.2, -0.15) is 0 Å². The number of ether oxygens (including phenoxy) is 1. The fourth-order valence-corrected chi connectivity index (χ4v) is 2.38. The maximum atomic E-state index is 11.9. The van der Waals surface area contributed by atoms with Gasteiger partial charge in [0.1, 0.15) is 11.6 Å². The quantitative estimate of drug-likeness (QED) is 0.754. The van der Waals surface area contributed by atoms with E-state index in [-0.39, 0.29) is 12.5 Å². The molecule has 0 aliphatic heterocycles. The molecule has 0 fully saturated rings. The number of carbonyl (C=O) groups excluding carboxylic acids is 1. The molecule has 0 spiro atoms. The first-order chi connectivity index (χ1) is 11.6. The van der Waals surface area contributed by atoms with Gasteiger partial charge in [0, 0.05) is 19.2 Å². The van der Waals surface area contributed by atoms with E-state index in [9.17, 15) is 4.79 Å². The van der Waals surface area contributed by atoms with Gasteiger partial charge in [-0.15, -0.1) is 10.2 Å². The van der Waals surface area contributed by atoms with E-state index in [2.05, 4.69) is 15.5 Å². The number of pyridine rings is 1. The Morgan fingerprint density at radius 2 is 2.04 bits per heavy atom. The summed E-state index contributed by atoms with van der Waals surface area (Å²) >= 11 is 0. The molecule has 1 N–H and O–H groups in total. The molecular formula is C18H20N4O2. The van der Waals surface area contributed by atoms with Crippen molar-refractivity contribution in [2.45, 2.75) is 20.3 Å². The van der Waals surface area contributed by atoms with Gasteiger partial charge in [0.25, 0.3) is 5.91 Å². The lowest BCUT2D eigenvalue weighted by molar-refractivity contribution is -0.123. The van der Waals surface area contributed by atoms with Gasteiger partial charge in [0.05, 0.1) is 0 Å². The normalized spacial score (nSPS) is 10.8. The van der Waals surface area contributed by atoms with Crippen LogP contribution < -0.4 is 10.1 Å². The van der Waals surface area contributed by atoms with Crippen LogP contribution in [-0.2, 0) is 11.2 Å². The number of aromatic nitrogens is 3. The first-order valence-corrected chi connectivity index (χ1v) is 7.89. The highest BCUT2D eigenvalue weighted by atomic mass is 16.5. The zero-order valence-electron chi connectivity index (χ0n) is 13.8. The number of fused-ring (bicyclic) bond motifs is 1. The minimum atomic E-state index is -0.151. The minimum absolute atomic E-state index is 0.00306. The average molecular weight is 324 g/mol. The van der Waals surface area contributed by atoms with E-state index in [4.69, 9.17) is 4.74 Å². The Kier molecular flexibility index (Phi) is 4.74. The maximum absolute atomic E-state index is 11.9. The van der Waals surface area contributed by atoms with Gasteiger partial charge in [-0.3, -0.25) is 9.20 Å². The van der Waals surface area contributed by atoms with E-state index < -0.39 is 0 Å². The molecular weight excluding hydrogens is 304 g/mol. The van der Waals surface area contributed by atoms with Crippen molar-refractivity contribution in [3.63, 3.8) is 0 Å². The Hall–Kier alpha value is -2.89. The topological polar surface area (TPSA) is 68.5 Å². The van der Waals surface area contributed by atoms with Crippen molar-refractivity contribution in [1.29, 1.82) is 0 Å². The Bertz CT molecular complexity index is 857. The van der Waals surface area contributed by atoms with Crippen LogP contribution in [0.3, 0.4) is 0 Å². The van der Waals surface area contributed by atoms with E-state index in [1.807, 2.05) is 60.8 Å². The highest BCUT2D eigenvalue weighted by Gasteiger charge is 2.07. The fourth-order valence-electron chi connectivity index (χ4n) is 2.38. The largest absolute Gasteiger partial charge is 0.484 e. The van der Waals surface area contributed by atoms with Crippen LogP contribution in [0.25, 0.3) is 5.65 Å². The van der Waals surface area contributed by atoms with Crippen molar-refractivity contribution in [3.05, 3.63) is 59.5 Å². The third kappa shape index (κ3) is 3.71. The highest BCUT2D eigenvalue weighted by Crippen LogP contribution is 2.16. The molecule has 0 unspecified atom stereocenters. The van der Waals surface area contributed by atoms with Gasteiger partial charge in [-0.1, -0.05) is 12.1 Å². The number of carbonyl (C=O) groups is 1. The SMILES string of the molecule is Cc1ccc(OCC(=O)NCCc2nnc3ccccn23)cc1C. The van der Waals surface area contributed by atoms with Gasteiger partial charge in [-0.25, -0.2) is 0 Å². The van der Waals surface area contributed by atoms with E-state index in [1.165, 1.54) is 5.56 Å². The lowest BCUT2D eigenvalue weighted by Crippen LogP contribution is -2.30. The monoisotopic (exact) mass is 324 g/mol. The summed E-state index contributed by atoms with van der Waals surface area (Å²) in [7, 11) is 0. The number of hydrogen-bond acceptors (Lipinski definition) is 4. The molecule has 0 atom stereocenters. The Balaban J connectivity index is 1.46. The molecule has 0 saturated carbocycles. The predicted molar refractivity (Wildman–Crippen MR) is 91.1 cm³/mol. The number of nitrogens with one attached hydrogen (secondary N) is 1. The zero-order chi connectivity index (χ0) is 16.9. The molecule has 6 nitrogen and oxygen atoms in total. The molecule has 0 aliphatic carbocycles. The van der Waals surface area contributed by atoms with E-state index in [0.29, 0.717) is 18.7 Å². The van der Waals surface area contributed by atoms with Gasteiger partial charge >= 0.3 is 0 Å². The van der Waals surface area contributed by atoms with Gasteiger partial charge in [-0.05, 0) is 49.2 Å². The number of hydrogen-bond donors (Lipinski definition) is 1. The smallest absolute Gasteiger partial charge is 0.257 e. The van der Waals surface area contributed by atoms with E-state index in [1.54, 1.807) is 0 Å². The second kappa shape index (κ2) is 7.12. The van der Waals surface area contributed by atoms with Gasteiger partial charge in [0.2, 0.25) is 0 Å². The summed E-state index contributed by atoms with van der Waals surface area (Å²) in [5, 5.41) is 11.1. The lowest BCUT2D eigenvalue weighted by atomic mass is 10.1. The summed E-state index contributed by atoms with van der Waals surface area (Å²) in [6, 6.07) is 11.5. The van der Waals surface area contributed by atoms with Crippen molar-refractivity contribution in [1.82, 2.24) is 19.9 Å². The number of aryl methyl sites for hydroxylation is 2. The summed E-state index contributed by atoms with van der Waals surface area (Å²) in [6.45, 7) is 4.55. The summed E-state index contributed by atoms with van der Waals surface area (Å²) in [6.07, 6.45) is 2.52. The third-order valence-electron chi connectivity index (χ3n) is 3.90. The van der Waals surface area contributed by atoms with E-state index in [0.717, 1.165) is 17.0 Å². The molecule has 3 aromatic rings. The standard InChI is InChI=1S/C18H20N4O2/c1-13-6-7-15(11-14(13)2)24-12-18(23)19-9-8-17-21-20-16-5-3-4-10-22(16)17/h3-7,10-11H,8-9,12H2,1-2H3,(H,19,23). The Morgan fingerprint density at radius 3 is 2.88 bits per heavy atom. The lowest BCUT2D eigenvalue weighted by Gasteiger charge is -2.08. The number of rotatable bonds is 6. The maximum Gasteiger partial charge on any atom is 0.257 e. The van der Waals surface area contributed by atoms with Crippen molar-refractivity contribution in [2.75, 3.05) is 13.2 Å². The molecule has 0 radical (unpaired) electrons. The van der Waals surface area contributed by atoms with Crippen LogP contribution in [0.15, 0.2) is 42.6 Å². The van der Waals surface area contributed by atoms with Crippen LogP contribution in [0.1, 0.15) is 17.0 Å². The Labute approximate surface area is 140 Å². The van der Waals surface area contributed by atoms with Crippen LogP contribution in [0.2, 0.25) is 0 Å². The second-order valence-electron chi connectivity index (χ2n) is 5.68. The number of amides is 1. The van der Waals surface area contributed by atoms with Crippen LogP contribution in [0.5, 0.6) is 5.75 Å². The fraction of sp³-hybridized carbons (Fsp3) is 0.278. The molecule has 124 valence electrons. The van der Waals surface area contributed by atoms with Crippen molar-refractivity contribution in [2.24, 2.45) is 0 Å². The van der Waals surface area contributed by atoms with Crippen molar-refractivity contribution >= 4 is 11.6 Å². The summed E-state index contributed by atoms with van der Waals surface area (Å²) in [5.41, 5.74) is 3.15. The molecule has 1 aromatic carbocycles. The second-order valence-corrected chi connectivity index (χ2v) is 5.68. The van der Waals surface area contributed by atoms with Gasteiger partial charge in [0.15, 0.2) is 12.3 Å². The average Bonchev–Trinajstić information content (AvgIpc) is 2.99. The number of benzene rings is 1. The molecule has 24 heavy (non-hydrogen) atoms. The highest BCUT2D eigenvalue weighted by molar-refractivity contribution is 5.77.